The number of alkyl carbamates (subject to hydrolysis) is 1. The molecule has 0 aromatic heterocycles. The number of hydrogen-bond donors (Lipinski definition) is 3. The zero-order chi connectivity index (χ0) is 21.3. The Bertz CT molecular complexity index is 707. The van der Waals surface area contributed by atoms with Crippen LogP contribution in [0.15, 0.2) is 18.2 Å². The summed E-state index contributed by atoms with van der Waals surface area (Å²) in [6, 6.07) is 3.97. The van der Waals surface area contributed by atoms with E-state index in [0.29, 0.717) is 22.2 Å². The standard InChI is InChI=1S/C18H25Cl2N3O5/c1-11(21-17(26)28-18(2,3)4)16(25)23-22-15(24)6-5-9-27-14-8-7-12(19)10-13(14)20/h7-8,10-11H,5-6,9H2,1-4H3,(H,21,26)(H,22,24)(H,23,25). The Hall–Kier alpha value is -2.19. The number of hydrazine groups is 1. The van der Waals surface area contributed by atoms with Crippen LogP contribution < -0.4 is 20.9 Å². The number of benzene rings is 1. The third-order valence-corrected chi connectivity index (χ3v) is 3.68. The highest BCUT2D eigenvalue weighted by atomic mass is 35.5. The van der Waals surface area contributed by atoms with E-state index in [4.69, 9.17) is 32.7 Å². The van der Waals surface area contributed by atoms with Gasteiger partial charge in [-0.15, -0.1) is 0 Å². The number of carbonyl (C=O) groups is 3. The summed E-state index contributed by atoms with van der Waals surface area (Å²) in [7, 11) is 0. The maximum Gasteiger partial charge on any atom is 0.408 e. The molecule has 10 heteroatoms. The molecule has 1 aromatic rings. The Kier molecular flexibility index (Phi) is 9.34. The first-order valence-electron chi connectivity index (χ1n) is 8.64. The predicted molar refractivity (Wildman–Crippen MR) is 106 cm³/mol. The molecular formula is C18H25Cl2N3O5. The van der Waals surface area contributed by atoms with E-state index in [1.54, 1.807) is 39.0 Å². The highest BCUT2D eigenvalue weighted by molar-refractivity contribution is 6.35. The van der Waals surface area contributed by atoms with Gasteiger partial charge in [-0.1, -0.05) is 23.2 Å². The fourth-order valence-electron chi connectivity index (χ4n) is 1.86. The van der Waals surface area contributed by atoms with E-state index in [0.717, 1.165) is 0 Å². The maximum absolute atomic E-state index is 11.9. The number of carbonyl (C=O) groups excluding carboxylic acids is 3. The van der Waals surface area contributed by atoms with Crippen molar-refractivity contribution in [2.45, 2.75) is 52.2 Å². The summed E-state index contributed by atoms with van der Waals surface area (Å²) in [5.74, 6) is -0.506. The normalized spacial score (nSPS) is 11.9. The van der Waals surface area contributed by atoms with Gasteiger partial charge in [-0.3, -0.25) is 20.4 Å². The van der Waals surface area contributed by atoms with Gasteiger partial charge in [0, 0.05) is 11.4 Å². The predicted octanol–water partition coefficient (Wildman–Crippen LogP) is 3.21. The molecule has 0 spiro atoms. The maximum atomic E-state index is 11.9. The molecule has 0 fully saturated rings. The quantitative estimate of drug-likeness (QED) is 0.452. The molecule has 0 aliphatic carbocycles. The summed E-state index contributed by atoms with van der Waals surface area (Å²) in [5, 5.41) is 3.26. The van der Waals surface area contributed by atoms with Crippen molar-refractivity contribution in [1.82, 2.24) is 16.2 Å². The average molecular weight is 434 g/mol. The van der Waals surface area contributed by atoms with Crippen molar-refractivity contribution in [3.8, 4) is 5.75 Å². The molecule has 0 saturated heterocycles. The van der Waals surface area contributed by atoms with Crippen LogP contribution in [0.2, 0.25) is 10.0 Å². The van der Waals surface area contributed by atoms with E-state index in [1.165, 1.54) is 6.92 Å². The van der Waals surface area contributed by atoms with Crippen molar-refractivity contribution >= 4 is 41.1 Å². The molecule has 3 N–H and O–H groups in total. The summed E-state index contributed by atoms with van der Waals surface area (Å²) in [6.07, 6.45) is -0.189. The van der Waals surface area contributed by atoms with Crippen LogP contribution in [0.1, 0.15) is 40.5 Å². The highest BCUT2D eigenvalue weighted by Gasteiger charge is 2.21. The molecule has 0 saturated carbocycles. The Morgan fingerprint density at radius 2 is 1.82 bits per heavy atom. The molecule has 0 aliphatic heterocycles. The van der Waals surface area contributed by atoms with E-state index in [-0.39, 0.29) is 13.0 Å². The molecule has 1 rings (SSSR count). The minimum Gasteiger partial charge on any atom is -0.492 e. The Labute approximate surface area is 174 Å². The third-order valence-electron chi connectivity index (χ3n) is 3.15. The number of amides is 3. The third kappa shape index (κ3) is 9.66. The highest BCUT2D eigenvalue weighted by Crippen LogP contribution is 2.27. The second-order valence-corrected chi connectivity index (χ2v) is 7.78. The Morgan fingerprint density at radius 1 is 1.14 bits per heavy atom. The Morgan fingerprint density at radius 3 is 2.43 bits per heavy atom. The molecule has 156 valence electrons. The number of rotatable bonds is 7. The second kappa shape index (κ2) is 11.0. The van der Waals surface area contributed by atoms with Crippen molar-refractivity contribution in [3.63, 3.8) is 0 Å². The van der Waals surface area contributed by atoms with Crippen molar-refractivity contribution in [1.29, 1.82) is 0 Å². The van der Waals surface area contributed by atoms with Gasteiger partial charge in [-0.05, 0) is 52.3 Å². The van der Waals surface area contributed by atoms with E-state index in [2.05, 4.69) is 16.2 Å². The van der Waals surface area contributed by atoms with Gasteiger partial charge >= 0.3 is 6.09 Å². The molecule has 3 amide bonds. The number of hydrogen-bond acceptors (Lipinski definition) is 5. The molecule has 1 atom stereocenters. The van der Waals surface area contributed by atoms with Gasteiger partial charge in [0.25, 0.3) is 5.91 Å². The lowest BCUT2D eigenvalue weighted by atomic mass is 10.2. The van der Waals surface area contributed by atoms with Gasteiger partial charge in [-0.25, -0.2) is 4.79 Å². The average Bonchev–Trinajstić information content (AvgIpc) is 2.56. The fraction of sp³-hybridized carbons (Fsp3) is 0.500. The monoisotopic (exact) mass is 433 g/mol. The molecule has 1 aromatic carbocycles. The first kappa shape index (κ1) is 23.8. The topological polar surface area (TPSA) is 106 Å². The van der Waals surface area contributed by atoms with Gasteiger partial charge < -0.3 is 14.8 Å². The molecule has 0 aliphatic rings. The van der Waals surface area contributed by atoms with Gasteiger partial charge in [-0.2, -0.15) is 0 Å². The van der Waals surface area contributed by atoms with Gasteiger partial charge in [0.15, 0.2) is 0 Å². The van der Waals surface area contributed by atoms with Crippen molar-refractivity contribution in [3.05, 3.63) is 28.2 Å². The van der Waals surface area contributed by atoms with Gasteiger partial charge in [0.2, 0.25) is 5.91 Å². The van der Waals surface area contributed by atoms with Crippen molar-refractivity contribution in [2.24, 2.45) is 0 Å². The minimum absolute atomic E-state index is 0.124. The van der Waals surface area contributed by atoms with Gasteiger partial charge in [0.05, 0.1) is 11.6 Å². The summed E-state index contributed by atoms with van der Waals surface area (Å²) in [4.78, 5) is 35.3. The van der Waals surface area contributed by atoms with E-state index in [1.807, 2.05) is 0 Å². The number of ether oxygens (including phenoxy) is 2. The van der Waals surface area contributed by atoms with Crippen LogP contribution >= 0.6 is 23.2 Å². The van der Waals surface area contributed by atoms with Crippen LogP contribution in [0.5, 0.6) is 5.75 Å². The first-order chi connectivity index (χ1) is 13.0. The molecule has 0 radical (unpaired) electrons. The number of halogens is 2. The van der Waals surface area contributed by atoms with Crippen LogP contribution in [-0.4, -0.2) is 36.2 Å². The largest absolute Gasteiger partial charge is 0.492 e. The summed E-state index contributed by atoms with van der Waals surface area (Å²) in [5.41, 5.74) is 3.84. The van der Waals surface area contributed by atoms with E-state index >= 15 is 0 Å². The molecule has 0 heterocycles. The van der Waals surface area contributed by atoms with Crippen LogP contribution in [0.4, 0.5) is 4.79 Å². The lowest BCUT2D eigenvalue weighted by Gasteiger charge is -2.21. The van der Waals surface area contributed by atoms with Crippen molar-refractivity contribution < 1.29 is 23.9 Å². The van der Waals surface area contributed by atoms with Crippen LogP contribution in [-0.2, 0) is 14.3 Å². The smallest absolute Gasteiger partial charge is 0.408 e. The van der Waals surface area contributed by atoms with Crippen LogP contribution in [0.3, 0.4) is 0 Å². The minimum atomic E-state index is -0.884. The van der Waals surface area contributed by atoms with Gasteiger partial charge in [0.1, 0.15) is 17.4 Å². The van der Waals surface area contributed by atoms with E-state index < -0.39 is 29.6 Å². The van der Waals surface area contributed by atoms with Crippen LogP contribution in [0.25, 0.3) is 0 Å². The SMILES string of the molecule is CC(NC(=O)OC(C)(C)C)C(=O)NNC(=O)CCCOc1ccc(Cl)cc1Cl. The molecular weight excluding hydrogens is 409 g/mol. The second-order valence-electron chi connectivity index (χ2n) is 6.93. The summed E-state index contributed by atoms with van der Waals surface area (Å²) < 4.78 is 10.5. The summed E-state index contributed by atoms with van der Waals surface area (Å²) >= 11 is 11.8. The lowest BCUT2D eigenvalue weighted by molar-refractivity contribution is -0.129. The fourth-order valence-corrected chi connectivity index (χ4v) is 2.32. The molecule has 1 unspecified atom stereocenters. The zero-order valence-corrected chi connectivity index (χ0v) is 17.7. The number of nitrogens with one attached hydrogen (secondary N) is 3. The summed E-state index contributed by atoms with van der Waals surface area (Å²) in [6.45, 7) is 6.86. The molecule has 0 bridgehead atoms. The molecule has 28 heavy (non-hydrogen) atoms. The Balaban J connectivity index is 2.24. The zero-order valence-electron chi connectivity index (χ0n) is 16.2. The van der Waals surface area contributed by atoms with Crippen LogP contribution in [0, 0.1) is 0 Å². The molecule has 8 nitrogen and oxygen atoms in total. The lowest BCUT2D eigenvalue weighted by Crippen LogP contribution is -2.51. The van der Waals surface area contributed by atoms with Crippen molar-refractivity contribution in [2.75, 3.05) is 6.61 Å². The van der Waals surface area contributed by atoms with E-state index in [9.17, 15) is 14.4 Å². The first-order valence-corrected chi connectivity index (χ1v) is 9.39.